The Balaban J connectivity index is 1.34. The van der Waals surface area contributed by atoms with Gasteiger partial charge >= 0.3 is 0 Å². The topological polar surface area (TPSA) is 129 Å². The highest BCUT2D eigenvalue weighted by Gasteiger charge is 2.44. The van der Waals surface area contributed by atoms with Gasteiger partial charge in [0.25, 0.3) is 0 Å². The van der Waals surface area contributed by atoms with Gasteiger partial charge in [0.1, 0.15) is 41.6 Å². The molecule has 4 N–H and O–H groups in total. The molecule has 31 heavy (non-hydrogen) atoms. The maximum absolute atomic E-state index is 10.7. The summed E-state index contributed by atoms with van der Waals surface area (Å²) in [5, 5.41) is 22.3. The van der Waals surface area contributed by atoms with Gasteiger partial charge in [0.05, 0.1) is 29.4 Å². The molecule has 4 aromatic rings. The molecule has 1 aliphatic rings. The van der Waals surface area contributed by atoms with E-state index in [2.05, 4.69) is 15.0 Å². The molecule has 0 radical (unpaired) electrons. The Morgan fingerprint density at radius 2 is 1.97 bits per heavy atom. The quantitative estimate of drug-likeness (QED) is 0.427. The third-order valence-electron chi connectivity index (χ3n) is 5.38. The van der Waals surface area contributed by atoms with E-state index >= 15 is 0 Å². The number of hydrogen-bond donors (Lipinski definition) is 3. The van der Waals surface area contributed by atoms with E-state index in [1.165, 1.54) is 18.1 Å². The number of anilines is 1. The second-order valence-electron chi connectivity index (χ2n) is 7.29. The number of methoxy groups -OCH3 is 1. The van der Waals surface area contributed by atoms with E-state index in [0.29, 0.717) is 23.1 Å². The van der Waals surface area contributed by atoms with E-state index in [4.69, 9.17) is 15.2 Å². The standard InChI is InChI=1S/C21H21N5O4S/c1-29-20-13-6-7-26(19(13)23-10-24-20)21-18(28)17(27)15(31-21)9-30-12-4-2-11-3-5-16(22)25-14(11)8-12/h2-8,10,15,17-18,21,27-28H,9H2,1H3,(H2,22,25)/t15-,17-,18-,21-/m1/s1. The van der Waals surface area contributed by atoms with Crippen molar-refractivity contribution >= 4 is 39.5 Å². The lowest BCUT2D eigenvalue weighted by Crippen LogP contribution is -2.34. The molecular weight excluding hydrogens is 418 g/mol. The molecule has 4 heterocycles. The van der Waals surface area contributed by atoms with Crippen molar-refractivity contribution in [1.29, 1.82) is 0 Å². The molecule has 0 amide bonds. The number of benzene rings is 1. The summed E-state index contributed by atoms with van der Waals surface area (Å²) in [4.78, 5) is 12.7. The van der Waals surface area contributed by atoms with Crippen molar-refractivity contribution in [1.82, 2.24) is 19.5 Å². The van der Waals surface area contributed by atoms with Crippen LogP contribution in [0, 0.1) is 0 Å². The molecule has 160 valence electrons. The minimum Gasteiger partial charge on any atom is -0.492 e. The summed E-state index contributed by atoms with van der Waals surface area (Å²) in [5.74, 6) is 1.53. The molecule has 1 aliphatic heterocycles. The van der Waals surface area contributed by atoms with Crippen LogP contribution in [0.4, 0.5) is 5.82 Å². The predicted octanol–water partition coefficient (Wildman–Crippen LogP) is 1.99. The van der Waals surface area contributed by atoms with Gasteiger partial charge in [0, 0.05) is 17.6 Å². The number of pyridine rings is 1. The highest BCUT2D eigenvalue weighted by atomic mass is 32.2. The lowest BCUT2D eigenvalue weighted by Gasteiger charge is -2.17. The lowest BCUT2D eigenvalue weighted by molar-refractivity contribution is 0.0128. The van der Waals surface area contributed by atoms with Crippen molar-refractivity contribution in [2.75, 3.05) is 19.5 Å². The number of nitrogen functional groups attached to an aromatic ring is 1. The van der Waals surface area contributed by atoms with E-state index in [1.54, 1.807) is 13.2 Å². The van der Waals surface area contributed by atoms with Crippen LogP contribution in [-0.2, 0) is 0 Å². The van der Waals surface area contributed by atoms with Gasteiger partial charge in [-0.05, 0) is 30.3 Å². The fourth-order valence-corrected chi connectivity index (χ4v) is 5.24. The van der Waals surface area contributed by atoms with Gasteiger partial charge in [-0.2, -0.15) is 0 Å². The first-order valence-electron chi connectivity index (χ1n) is 9.71. The van der Waals surface area contributed by atoms with E-state index < -0.39 is 17.6 Å². The summed E-state index contributed by atoms with van der Waals surface area (Å²) < 4.78 is 13.0. The van der Waals surface area contributed by atoms with Gasteiger partial charge in [-0.25, -0.2) is 15.0 Å². The molecule has 0 unspecified atom stereocenters. The average molecular weight is 439 g/mol. The third kappa shape index (κ3) is 3.52. The number of fused-ring (bicyclic) bond motifs is 2. The van der Waals surface area contributed by atoms with Crippen molar-refractivity contribution in [2.45, 2.75) is 22.8 Å². The highest BCUT2D eigenvalue weighted by molar-refractivity contribution is 8.00. The molecule has 9 nitrogen and oxygen atoms in total. The third-order valence-corrected chi connectivity index (χ3v) is 6.93. The van der Waals surface area contributed by atoms with Crippen LogP contribution in [-0.4, -0.2) is 60.9 Å². The summed E-state index contributed by atoms with van der Waals surface area (Å²) >= 11 is 1.44. The molecular formula is C21H21N5O4S. The summed E-state index contributed by atoms with van der Waals surface area (Å²) in [6.07, 6.45) is 1.30. The molecule has 5 rings (SSSR count). The molecule has 0 aliphatic carbocycles. The number of hydrogen-bond acceptors (Lipinski definition) is 9. The van der Waals surface area contributed by atoms with Crippen molar-refractivity contribution in [3.05, 3.63) is 48.9 Å². The smallest absolute Gasteiger partial charge is 0.225 e. The molecule has 3 aromatic heterocycles. The Kier molecular flexibility index (Phi) is 5.05. The number of rotatable bonds is 5. The predicted molar refractivity (Wildman–Crippen MR) is 118 cm³/mol. The van der Waals surface area contributed by atoms with Crippen LogP contribution in [0.2, 0.25) is 0 Å². The molecule has 1 fully saturated rings. The van der Waals surface area contributed by atoms with Crippen LogP contribution in [0.5, 0.6) is 11.6 Å². The van der Waals surface area contributed by atoms with Crippen molar-refractivity contribution in [3.63, 3.8) is 0 Å². The summed E-state index contributed by atoms with van der Waals surface area (Å²) in [7, 11) is 1.55. The van der Waals surface area contributed by atoms with Crippen LogP contribution in [0.1, 0.15) is 5.37 Å². The number of nitrogens with two attached hydrogens (primary N) is 1. The second kappa shape index (κ2) is 7.88. The van der Waals surface area contributed by atoms with Gasteiger partial charge in [0.2, 0.25) is 5.88 Å². The second-order valence-corrected chi connectivity index (χ2v) is 8.65. The van der Waals surface area contributed by atoms with E-state index in [9.17, 15) is 10.2 Å². The van der Waals surface area contributed by atoms with Gasteiger partial charge in [-0.1, -0.05) is 0 Å². The summed E-state index contributed by atoms with van der Waals surface area (Å²) in [5.41, 5.74) is 7.14. The molecule has 0 saturated carbocycles. The Hall–Kier alpha value is -3.08. The minimum atomic E-state index is -0.978. The summed E-state index contributed by atoms with van der Waals surface area (Å²) in [6, 6.07) is 11.1. The van der Waals surface area contributed by atoms with Gasteiger partial charge in [-0.15, -0.1) is 11.8 Å². The van der Waals surface area contributed by atoms with Gasteiger partial charge in [0.15, 0.2) is 0 Å². The van der Waals surface area contributed by atoms with Crippen LogP contribution in [0.15, 0.2) is 48.9 Å². The van der Waals surface area contributed by atoms with Crippen molar-refractivity contribution < 1.29 is 19.7 Å². The maximum Gasteiger partial charge on any atom is 0.225 e. The maximum atomic E-state index is 10.7. The Morgan fingerprint density at radius 3 is 2.81 bits per heavy atom. The zero-order valence-corrected chi connectivity index (χ0v) is 17.4. The lowest BCUT2D eigenvalue weighted by atomic mass is 10.1. The number of aliphatic hydroxyl groups excluding tert-OH is 2. The number of nitrogens with zero attached hydrogens (tertiary/aromatic N) is 4. The minimum absolute atomic E-state index is 0.227. The van der Waals surface area contributed by atoms with Crippen LogP contribution >= 0.6 is 11.8 Å². The fourth-order valence-electron chi connectivity index (χ4n) is 3.79. The first kappa shape index (κ1) is 19.9. The summed E-state index contributed by atoms with van der Waals surface area (Å²) in [6.45, 7) is 0.227. The van der Waals surface area contributed by atoms with Gasteiger partial charge < -0.3 is 30.0 Å². The zero-order valence-electron chi connectivity index (χ0n) is 16.6. The Labute approximate surface area is 181 Å². The first-order chi connectivity index (χ1) is 15.0. The largest absolute Gasteiger partial charge is 0.492 e. The van der Waals surface area contributed by atoms with Crippen LogP contribution < -0.4 is 15.2 Å². The SMILES string of the molecule is COc1ncnc2c1ccn2[C@@H]1S[C@H](COc2ccc3ccc(N)nc3c2)[C@@H](O)[C@H]1O. The molecule has 1 saturated heterocycles. The van der Waals surface area contributed by atoms with Gasteiger partial charge in [-0.3, -0.25) is 0 Å². The number of aliphatic hydroxyl groups is 2. The number of ether oxygens (including phenoxy) is 2. The van der Waals surface area contributed by atoms with Crippen LogP contribution in [0.25, 0.3) is 21.9 Å². The van der Waals surface area contributed by atoms with E-state index in [0.717, 1.165) is 16.3 Å². The molecule has 0 bridgehead atoms. The molecule has 1 aromatic carbocycles. The fraction of sp³-hybridized carbons (Fsp3) is 0.286. The Bertz CT molecular complexity index is 1250. The number of aromatic nitrogens is 4. The van der Waals surface area contributed by atoms with E-state index in [-0.39, 0.29) is 11.9 Å². The average Bonchev–Trinajstić information content (AvgIpc) is 3.33. The van der Waals surface area contributed by atoms with Crippen molar-refractivity contribution in [3.8, 4) is 11.6 Å². The van der Waals surface area contributed by atoms with Crippen LogP contribution in [0.3, 0.4) is 0 Å². The Morgan fingerprint density at radius 1 is 1.13 bits per heavy atom. The van der Waals surface area contributed by atoms with E-state index in [1.807, 2.05) is 41.1 Å². The molecule has 10 heteroatoms. The van der Waals surface area contributed by atoms with Crippen molar-refractivity contribution in [2.24, 2.45) is 0 Å². The molecule has 0 spiro atoms. The zero-order chi connectivity index (χ0) is 21.5. The highest BCUT2D eigenvalue weighted by Crippen LogP contribution is 2.44. The number of thioether (sulfide) groups is 1. The normalized spacial score (nSPS) is 23.5. The first-order valence-corrected chi connectivity index (χ1v) is 10.7. The monoisotopic (exact) mass is 439 g/mol. The molecule has 4 atom stereocenters.